The molecule has 0 fully saturated rings. The number of methoxy groups -OCH3 is 2. The molecule has 0 aliphatic carbocycles. The molecular formula is C15H16N2O3. The molecule has 104 valence electrons. The molecular weight excluding hydrogens is 256 g/mol. The van der Waals surface area contributed by atoms with Gasteiger partial charge in [0, 0.05) is 11.4 Å². The van der Waals surface area contributed by atoms with Crippen LogP contribution in [0.15, 0.2) is 42.5 Å². The van der Waals surface area contributed by atoms with E-state index in [0.717, 1.165) is 11.4 Å². The van der Waals surface area contributed by atoms with E-state index in [1.54, 1.807) is 25.3 Å². The van der Waals surface area contributed by atoms with Crippen molar-refractivity contribution in [1.82, 2.24) is 0 Å². The fourth-order valence-electron chi connectivity index (χ4n) is 1.78. The van der Waals surface area contributed by atoms with Crippen molar-refractivity contribution in [2.75, 3.05) is 25.3 Å². The molecule has 20 heavy (non-hydrogen) atoms. The summed E-state index contributed by atoms with van der Waals surface area (Å²) in [5, 5.41) is 3.15. The van der Waals surface area contributed by atoms with Crippen molar-refractivity contribution < 1.29 is 14.3 Å². The summed E-state index contributed by atoms with van der Waals surface area (Å²) in [4.78, 5) is 11.7. The van der Waals surface area contributed by atoms with Gasteiger partial charge in [-0.2, -0.15) is 0 Å². The normalized spacial score (nSPS) is 9.90. The highest BCUT2D eigenvalue weighted by atomic mass is 16.5. The van der Waals surface area contributed by atoms with Gasteiger partial charge < -0.3 is 20.5 Å². The number of nitrogen functional groups attached to an aromatic ring is 1. The van der Waals surface area contributed by atoms with Crippen molar-refractivity contribution in [3.05, 3.63) is 48.0 Å². The molecule has 3 N–H and O–H groups in total. The number of ether oxygens (including phenoxy) is 2. The highest BCUT2D eigenvalue weighted by Gasteiger charge is 2.12. The van der Waals surface area contributed by atoms with Gasteiger partial charge in [0.2, 0.25) is 0 Å². The van der Waals surface area contributed by atoms with Gasteiger partial charge in [-0.05, 0) is 42.5 Å². The van der Waals surface area contributed by atoms with E-state index < -0.39 is 5.97 Å². The SMILES string of the molecule is COC(=O)c1cc(N)ccc1Nc1ccc(OC)cc1. The van der Waals surface area contributed by atoms with Gasteiger partial charge in [-0.25, -0.2) is 4.79 Å². The van der Waals surface area contributed by atoms with Crippen LogP contribution in [0.1, 0.15) is 10.4 Å². The van der Waals surface area contributed by atoms with E-state index in [2.05, 4.69) is 5.32 Å². The average Bonchev–Trinajstić information content (AvgIpc) is 2.49. The summed E-state index contributed by atoms with van der Waals surface area (Å²) >= 11 is 0. The molecule has 0 aliphatic rings. The van der Waals surface area contributed by atoms with Crippen LogP contribution in [0.2, 0.25) is 0 Å². The lowest BCUT2D eigenvalue weighted by Gasteiger charge is -2.12. The molecule has 0 heterocycles. The molecule has 0 unspecified atom stereocenters. The van der Waals surface area contributed by atoms with Crippen LogP contribution in [0, 0.1) is 0 Å². The highest BCUT2D eigenvalue weighted by molar-refractivity contribution is 5.97. The smallest absolute Gasteiger partial charge is 0.340 e. The van der Waals surface area contributed by atoms with E-state index in [0.29, 0.717) is 16.9 Å². The number of anilines is 3. The van der Waals surface area contributed by atoms with Gasteiger partial charge in [0.15, 0.2) is 0 Å². The molecule has 0 aromatic heterocycles. The Kier molecular flexibility index (Phi) is 4.10. The van der Waals surface area contributed by atoms with Crippen LogP contribution in [-0.2, 0) is 4.74 Å². The van der Waals surface area contributed by atoms with Crippen LogP contribution in [0.4, 0.5) is 17.1 Å². The van der Waals surface area contributed by atoms with Crippen LogP contribution in [0.3, 0.4) is 0 Å². The Morgan fingerprint density at radius 1 is 1.10 bits per heavy atom. The number of carbonyl (C=O) groups excluding carboxylic acids is 1. The lowest BCUT2D eigenvalue weighted by atomic mass is 10.1. The summed E-state index contributed by atoms with van der Waals surface area (Å²) < 4.78 is 9.85. The van der Waals surface area contributed by atoms with Crippen LogP contribution < -0.4 is 15.8 Å². The van der Waals surface area contributed by atoms with Crippen molar-refractivity contribution >= 4 is 23.0 Å². The molecule has 5 heteroatoms. The first kappa shape index (κ1) is 13.7. The fourth-order valence-corrected chi connectivity index (χ4v) is 1.78. The quantitative estimate of drug-likeness (QED) is 0.661. The van der Waals surface area contributed by atoms with E-state index in [4.69, 9.17) is 15.2 Å². The van der Waals surface area contributed by atoms with Gasteiger partial charge in [0.05, 0.1) is 25.5 Å². The molecule has 0 bridgehead atoms. The summed E-state index contributed by atoms with van der Waals surface area (Å²) in [5.74, 6) is 0.328. The maximum Gasteiger partial charge on any atom is 0.340 e. The third-order valence-electron chi connectivity index (χ3n) is 2.82. The largest absolute Gasteiger partial charge is 0.497 e. The maximum absolute atomic E-state index is 11.7. The summed E-state index contributed by atoms with van der Waals surface area (Å²) in [6.07, 6.45) is 0. The molecule has 0 atom stereocenters. The molecule has 5 nitrogen and oxygen atoms in total. The molecule has 0 spiro atoms. The predicted octanol–water partition coefficient (Wildman–Crippen LogP) is 2.81. The molecule has 2 aromatic carbocycles. The Hall–Kier alpha value is -2.69. The van der Waals surface area contributed by atoms with Crippen LogP contribution >= 0.6 is 0 Å². The third kappa shape index (κ3) is 3.00. The average molecular weight is 272 g/mol. The predicted molar refractivity (Wildman–Crippen MR) is 78.5 cm³/mol. The van der Waals surface area contributed by atoms with Gasteiger partial charge in [0.1, 0.15) is 5.75 Å². The monoisotopic (exact) mass is 272 g/mol. The molecule has 0 radical (unpaired) electrons. The first-order chi connectivity index (χ1) is 9.63. The molecule has 0 amide bonds. The van der Waals surface area contributed by atoms with Crippen molar-refractivity contribution in [3.63, 3.8) is 0 Å². The lowest BCUT2D eigenvalue weighted by Crippen LogP contribution is -2.06. The van der Waals surface area contributed by atoms with Gasteiger partial charge in [-0.3, -0.25) is 0 Å². The minimum Gasteiger partial charge on any atom is -0.497 e. The topological polar surface area (TPSA) is 73.6 Å². The van der Waals surface area contributed by atoms with E-state index in [1.165, 1.54) is 7.11 Å². The zero-order valence-electron chi connectivity index (χ0n) is 11.3. The van der Waals surface area contributed by atoms with Crippen molar-refractivity contribution in [2.45, 2.75) is 0 Å². The summed E-state index contributed by atoms with van der Waals surface area (Å²) in [6, 6.07) is 12.4. The van der Waals surface area contributed by atoms with Gasteiger partial charge in [-0.1, -0.05) is 0 Å². The minimum absolute atomic E-state index is 0.392. The van der Waals surface area contributed by atoms with Gasteiger partial charge in [-0.15, -0.1) is 0 Å². The number of nitrogens with two attached hydrogens (primary N) is 1. The molecule has 0 saturated carbocycles. The summed E-state index contributed by atoms with van der Waals surface area (Å²) in [5.41, 5.74) is 8.07. The highest BCUT2D eigenvalue weighted by Crippen LogP contribution is 2.25. The van der Waals surface area contributed by atoms with Crippen LogP contribution in [0.25, 0.3) is 0 Å². The lowest BCUT2D eigenvalue weighted by molar-refractivity contribution is 0.0602. The first-order valence-electron chi connectivity index (χ1n) is 6.03. The Bertz CT molecular complexity index is 609. The van der Waals surface area contributed by atoms with E-state index in [-0.39, 0.29) is 0 Å². The van der Waals surface area contributed by atoms with Crippen LogP contribution in [-0.4, -0.2) is 20.2 Å². The van der Waals surface area contributed by atoms with Crippen LogP contribution in [0.5, 0.6) is 5.75 Å². The van der Waals surface area contributed by atoms with E-state index in [9.17, 15) is 4.79 Å². The molecule has 2 aromatic rings. The number of rotatable bonds is 4. The second-order valence-corrected chi connectivity index (χ2v) is 4.15. The minimum atomic E-state index is -0.437. The summed E-state index contributed by atoms with van der Waals surface area (Å²) in [7, 11) is 2.94. The molecule has 0 saturated heterocycles. The zero-order valence-corrected chi connectivity index (χ0v) is 11.3. The first-order valence-corrected chi connectivity index (χ1v) is 6.03. The van der Waals surface area contributed by atoms with E-state index in [1.807, 2.05) is 24.3 Å². The number of esters is 1. The number of benzene rings is 2. The fraction of sp³-hybridized carbons (Fsp3) is 0.133. The van der Waals surface area contributed by atoms with Gasteiger partial charge >= 0.3 is 5.97 Å². The summed E-state index contributed by atoms with van der Waals surface area (Å²) in [6.45, 7) is 0. The number of carbonyl (C=O) groups is 1. The molecule has 0 aliphatic heterocycles. The maximum atomic E-state index is 11.7. The Balaban J connectivity index is 2.30. The van der Waals surface area contributed by atoms with Crippen molar-refractivity contribution in [1.29, 1.82) is 0 Å². The second-order valence-electron chi connectivity index (χ2n) is 4.15. The van der Waals surface area contributed by atoms with Crippen molar-refractivity contribution in [3.8, 4) is 5.75 Å². The number of hydrogen-bond acceptors (Lipinski definition) is 5. The van der Waals surface area contributed by atoms with Crippen molar-refractivity contribution in [2.24, 2.45) is 0 Å². The Morgan fingerprint density at radius 2 is 1.80 bits per heavy atom. The van der Waals surface area contributed by atoms with Gasteiger partial charge in [0.25, 0.3) is 0 Å². The zero-order chi connectivity index (χ0) is 14.5. The van der Waals surface area contributed by atoms with E-state index >= 15 is 0 Å². The number of hydrogen-bond donors (Lipinski definition) is 2. The standard InChI is InChI=1S/C15H16N2O3/c1-19-12-6-4-11(5-7-12)17-14-8-3-10(16)9-13(14)15(18)20-2/h3-9,17H,16H2,1-2H3. The Morgan fingerprint density at radius 3 is 2.40 bits per heavy atom. The molecule has 2 rings (SSSR count). The number of nitrogens with one attached hydrogen (secondary N) is 1. The second kappa shape index (κ2) is 5.97. The third-order valence-corrected chi connectivity index (χ3v) is 2.82. The Labute approximate surface area is 117 Å².